The van der Waals surface area contributed by atoms with E-state index < -0.39 is 23.9 Å². The molecule has 0 spiro atoms. The topological polar surface area (TPSA) is 158 Å². The van der Waals surface area contributed by atoms with Gasteiger partial charge in [0.1, 0.15) is 0 Å². The van der Waals surface area contributed by atoms with Gasteiger partial charge in [-0.25, -0.2) is 0 Å². The number of rotatable bonds is 30. The smallest absolute Gasteiger partial charge is 0.550 e. The zero-order chi connectivity index (χ0) is 35.5. The first-order chi connectivity index (χ1) is 22.0. The number of carbonyl (C=O) groups excluding carboxylic acids is 3. The molecule has 0 rings (SSSR count). The molecule has 0 atom stereocenters. The zero-order valence-electron chi connectivity index (χ0n) is 31.1. The number of hydrogen-bond acceptors (Lipinski definition) is 7. The van der Waals surface area contributed by atoms with Crippen molar-refractivity contribution in [2.45, 2.75) is 220 Å². The number of aliphatic carboxylic acids is 4. The summed E-state index contributed by atoms with van der Waals surface area (Å²) < 4.78 is 0. The van der Waals surface area contributed by atoms with Crippen LogP contribution in [0.1, 0.15) is 220 Å². The first-order valence-electron chi connectivity index (χ1n) is 18.8. The first-order valence-corrected chi connectivity index (χ1v) is 18.8. The van der Waals surface area contributed by atoms with Crippen LogP contribution in [0.15, 0.2) is 0 Å². The Balaban J connectivity index is -0.000000175. The van der Waals surface area contributed by atoms with Crippen LogP contribution in [0.25, 0.3) is 0 Å². The predicted octanol–water partition coefficient (Wildman–Crippen LogP) is 7.68. The fourth-order valence-electron chi connectivity index (χ4n) is 4.75. The van der Waals surface area contributed by atoms with E-state index >= 15 is 0 Å². The van der Waals surface area contributed by atoms with Crippen LogP contribution in [0.3, 0.4) is 0 Å². The quantitative estimate of drug-likeness (QED) is 0.0596. The van der Waals surface area contributed by atoms with E-state index in [2.05, 4.69) is 20.8 Å². The summed E-state index contributed by atoms with van der Waals surface area (Å²) in [4.78, 5) is 39.3. The Morgan fingerprint density at radius 1 is 0.383 bits per heavy atom. The first kappa shape index (κ1) is 54.8. The largest absolute Gasteiger partial charge is 3.00 e. The SMILES string of the molecule is CC(=O)[O-].CCCCCCCCCCCC(=O)O.CCCCCCCCCCCC(=O)[O-].CCCCCCCCCCCC(=O)[O-].[Al+3]. The molecule has 0 fully saturated rings. The summed E-state index contributed by atoms with van der Waals surface area (Å²) in [5.41, 5.74) is 0. The molecule has 1 N–H and O–H groups in total. The third-order valence-electron chi connectivity index (χ3n) is 7.46. The summed E-state index contributed by atoms with van der Waals surface area (Å²) in [6, 6.07) is 0. The number of unbranched alkanes of at least 4 members (excludes halogenated alkanes) is 24. The molecule has 0 aliphatic heterocycles. The van der Waals surface area contributed by atoms with Gasteiger partial charge in [0, 0.05) is 24.3 Å². The molecule has 0 aliphatic carbocycles. The van der Waals surface area contributed by atoms with Gasteiger partial charge in [0.2, 0.25) is 0 Å². The third-order valence-corrected chi connectivity index (χ3v) is 7.46. The second kappa shape index (κ2) is 51.3. The van der Waals surface area contributed by atoms with Crippen molar-refractivity contribution in [3.63, 3.8) is 0 Å². The Morgan fingerprint density at radius 2 is 0.553 bits per heavy atom. The Morgan fingerprint density at radius 3 is 0.723 bits per heavy atom. The third kappa shape index (κ3) is 81.0. The van der Waals surface area contributed by atoms with Gasteiger partial charge in [0.15, 0.2) is 0 Å². The van der Waals surface area contributed by atoms with Gasteiger partial charge in [0.05, 0.1) is 0 Å². The van der Waals surface area contributed by atoms with Gasteiger partial charge in [0.25, 0.3) is 0 Å². The minimum Gasteiger partial charge on any atom is -0.550 e. The predicted molar refractivity (Wildman–Crippen MR) is 190 cm³/mol. The van der Waals surface area contributed by atoms with Crippen LogP contribution in [0.4, 0.5) is 0 Å². The molecule has 0 aromatic rings. The van der Waals surface area contributed by atoms with E-state index in [1.54, 1.807) is 0 Å². The minimum absolute atomic E-state index is 0. The molecule has 0 aromatic carbocycles. The van der Waals surface area contributed by atoms with Crippen LogP contribution >= 0.6 is 0 Å². The van der Waals surface area contributed by atoms with Gasteiger partial charge in [-0.15, -0.1) is 0 Å². The van der Waals surface area contributed by atoms with Crippen molar-refractivity contribution < 1.29 is 39.6 Å². The molecule has 0 bridgehead atoms. The van der Waals surface area contributed by atoms with E-state index in [-0.39, 0.29) is 30.2 Å². The second-order valence-electron chi connectivity index (χ2n) is 12.4. The van der Waals surface area contributed by atoms with Crippen LogP contribution < -0.4 is 15.3 Å². The molecule has 0 aliphatic rings. The molecule has 0 unspecified atom stereocenters. The van der Waals surface area contributed by atoms with Crippen molar-refractivity contribution in [1.82, 2.24) is 0 Å². The Hall–Kier alpha value is -1.59. The van der Waals surface area contributed by atoms with Gasteiger partial charge < -0.3 is 34.8 Å². The van der Waals surface area contributed by atoms with Crippen LogP contribution in [0.2, 0.25) is 0 Å². The molecular formula is C38H73AlO8. The van der Waals surface area contributed by atoms with Crippen molar-refractivity contribution in [3.8, 4) is 0 Å². The summed E-state index contributed by atoms with van der Waals surface area (Å²) in [5, 5.41) is 37.5. The van der Waals surface area contributed by atoms with E-state index in [0.717, 1.165) is 45.4 Å². The van der Waals surface area contributed by atoms with Crippen LogP contribution in [0.5, 0.6) is 0 Å². The molecule has 0 saturated heterocycles. The molecule has 47 heavy (non-hydrogen) atoms. The fourth-order valence-corrected chi connectivity index (χ4v) is 4.75. The normalized spacial score (nSPS) is 9.79. The maximum atomic E-state index is 10.2. The van der Waals surface area contributed by atoms with E-state index in [1.807, 2.05) is 0 Å². The molecule has 0 aromatic heterocycles. The van der Waals surface area contributed by atoms with Gasteiger partial charge >= 0.3 is 23.3 Å². The van der Waals surface area contributed by atoms with E-state index in [1.165, 1.54) is 135 Å². The van der Waals surface area contributed by atoms with Gasteiger partial charge in [-0.05, 0) is 39.0 Å². The average Bonchev–Trinajstić information content (AvgIpc) is 2.98. The molecule has 0 radical (unpaired) electrons. The molecule has 0 amide bonds. The Bertz CT molecular complexity index is 563. The van der Waals surface area contributed by atoms with Gasteiger partial charge in [-0.1, -0.05) is 175 Å². The van der Waals surface area contributed by atoms with Crippen molar-refractivity contribution >= 4 is 41.2 Å². The van der Waals surface area contributed by atoms with E-state index in [9.17, 15) is 24.6 Å². The number of hydrogen-bond donors (Lipinski definition) is 1. The summed E-state index contributed by atoms with van der Waals surface area (Å²) in [5.74, 6) is -3.56. The summed E-state index contributed by atoms with van der Waals surface area (Å²) in [6.45, 7) is 7.64. The minimum atomic E-state index is -1.08. The van der Waals surface area contributed by atoms with Crippen molar-refractivity contribution in [2.24, 2.45) is 0 Å². The maximum absolute atomic E-state index is 10.2. The van der Waals surface area contributed by atoms with E-state index in [4.69, 9.17) is 15.0 Å². The van der Waals surface area contributed by atoms with Crippen molar-refractivity contribution in [2.75, 3.05) is 0 Å². The van der Waals surface area contributed by atoms with Crippen LogP contribution in [-0.4, -0.2) is 46.3 Å². The molecule has 0 heterocycles. The average molecular weight is 685 g/mol. The van der Waals surface area contributed by atoms with Crippen LogP contribution in [0, 0.1) is 0 Å². The summed E-state index contributed by atoms with van der Waals surface area (Å²) in [6.07, 6.45) is 33.8. The standard InChI is InChI=1S/3C12H24O2.C2H4O2.Al/c3*1-2-3-4-5-6-7-8-9-10-11-12(13)14;1-2(3)4;/h3*2-11H2,1H3,(H,13,14);1H3,(H,3,4);/q;;;;+3/p-3. The number of carbonyl (C=O) groups is 4. The summed E-state index contributed by atoms with van der Waals surface area (Å²) >= 11 is 0. The van der Waals surface area contributed by atoms with Gasteiger partial charge in [-0.2, -0.15) is 0 Å². The van der Waals surface area contributed by atoms with E-state index in [0.29, 0.717) is 6.42 Å². The van der Waals surface area contributed by atoms with Crippen molar-refractivity contribution in [1.29, 1.82) is 0 Å². The molecule has 9 heteroatoms. The fraction of sp³-hybridized carbons (Fsp3) is 0.895. The summed E-state index contributed by atoms with van der Waals surface area (Å²) in [7, 11) is 0. The maximum Gasteiger partial charge on any atom is 3.00 e. The van der Waals surface area contributed by atoms with Crippen molar-refractivity contribution in [3.05, 3.63) is 0 Å². The van der Waals surface area contributed by atoms with Crippen LogP contribution in [-0.2, 0) is 19.2 Å². The Labute approximate surface area is 300 Å². The monoisotopic (exact) mass is 685 g/mol. The second-order valence-corrected chi connectivity index (χ2v) is 12.4. The Kier molecular flexibility index (Phi) is 59.8. The number of carboxylic acid groups (broad SMARTS) is 4. The van der Waals surface area contributed by atoms with Gasteiger partial charge in [-0.3, -0.25) is 4.79 Å². The molecule has 8 nitrogen and oxygen atoms in total. The molecule has 276 valence electrons. The number of carboxylic acids is 4. The molecule has 0 saturated carbocycles. The zero-order valence-corrected chi connectivity index (χ0v) is 32.3. The molecular weight excluding hydrogens is 611 g/mol.